The molecule has 1 radical (unpaired) electrons. The van der Waals surface area contributed by atoms with Gasteiger partial charge in [-0.25, -0.2) is 4.79 Å². The van der Waals surface area contributed by atoms with Crippen molar-refractivity contribution in [1.29, 1.82) is 0 Å². The third-order valence-electron chi connectivity index (χ3n) is 8.54. The molecule has 0 bridgehead atoms. The van der Waals surface area contributed by atoms with Crippen molar-refractivity contribution in [3.8, 4) is 0 Å². The summed E-state index contributed by atoms with van der Waals surface area (Å²) >= 11 is 0. The minimum atomic E-state index is -1.10. The van der Waals surface area contributed by atoms with E-state index in [9.17, 15) is 28.8 Å². The second-order valence-corrected chi connectivity index (χ2v) is 15.0. The minimum absolute atomic E-state index is 0. The number of ketones is 1. The van der Waals surface area contributed by atoms with Gasteiger partial charge in [0.05, 0.1) is 12.1 Å². The number of nitrogens with one attached hydrogen (secondary N) is 3. The third kappa shape index (κ3) is 12.5. The van der Waals surface area contributed by atoms with Gasteiger partial charge in [0, 0.05) is 44.6 Å². The molecule has 6 amide bonds. The van der Waals surface area contributed by atoms with Crippen molar-refractivity contribution < 1.29 is 47.3 Å². The predicted octanol–water partition coefficient (Wildman–Crippen LogP) is 2.87. The Bertz CT molecular complexity index is 1080. The molecule has 0 aromatic heterocycles. The van der Waals surface area contributed by atoms with Crippen molar-refractivity contribution in [1.82, 2.24) is 25.8 Å². The molecule has 3 fully saturated rings. The summed E-state index contributed by atoms with van der Waals surface area (Å²) in [5.74, 6) is -2.49. The molecule has 1 unspecified atom stereocenters. The fraction of sp³-hybridized carbons (Fsp3) is 0.818. The van der Waals surface area contributed by atoms with Crippen molar-refractivity contribution in [2.45, 2.75) is 137 Å². The van der Waals surface area contributed by atoms with Gasteiger partial charge in [-0.15, -0.1) is 0 Å². The van der Waals surface area contributed by atoms with Crippen LogP contribution in [-0.4, -0.2) is 89.0 Å². The normalized spacial score (nSPS) is 20.3. The molecular formula is C33H58N6O6V. The zero-order valence-electron chi connectivity index (χ0n) is 29.2. The van der Waals surface area contributed by atoms with Crippen molar-refractivity contribution in [3.05, 3.63) is 0 Å². The Morgan fingerprint density at radius 1 is 0.870 bits per heavy atom. The van der Waals surface area contributed by atoms with E-state index in [0.717, 1.165) is 25.7 Å². The number of carbonyl (C=O) groups is 6. The zero-order valence-corrected chi connectivity index (χ0v) is 30.6. The first-order valence-electron chi connectivity index (χ1n) is 16.7. The van der Waals surface area contributed by atoms with Gasteiger partial charge in [0.15, 0.2) is 0 Å². The summed E-state index contributed by atoms with van der Waals surface area (Å²) in [5, 5.41) is 8.55. The summed E-state index contributed by atoms with van der Waals surface area (Å²) in [4.78, 5) is 80.2. The second kappa shape index (κ2) is 18.1. The van der Waals surface area contributed by atoms with E-state index < -0.39 is 53.1 Å². The molecule has 3 rings (SSSR count). The number of rotatable bonds is 11. The number of primary amides is 1. The fourth-order valence-corrected chi connectivity index (χ4v) is 5.62. The second-order valence-electron chi connectivity index (χ2n) is 15.0. The van der Waals surface area contributed by atoms with Gasteiger partial charge in [0.25, 0.3) is 5.91 Å². The number of urea groups is 1. The van der Waals surface area contributed by atoms with Crippen molar-refractivity contribution in [3.63, 3.8) is 0 Å². The van der Waals surface area contributed by atoms with Crippen molar-refractivity contribution in [2.24, 2.45) is 22.5 Å². The summed E-state index contributed by atoms with van der Waals surface area (Å²) in [5.41, 5.74) is 4.18. The number of amides is 6. The number of likely N-dealkylation sites (tertiary alicyclic amines) is 2. The molecule has 12 nitrogen and oxygen atoms in total. The van der Waals surface area contributed by atoms with Crippen molar-refractivity contribution >= 4 is 35.4 Å². The molecule has 3 aliphatic rings. The molecule has 4 atom stereocenters. The number of nitrogens with zero attached hydrogens (tertiary/aromatic N) is 2. The molecule has 13 heteroatoms. The van der Waals surface area contributed by atoms with Crippen LogP contribution in [0.4, 0.5) is 4.79 Å². The van der Waals surface area contributed by atoms with Crippen LogP contribution in [0.15, 0.2) is 0 Å². The van der Waals surface area contributed by atoms with Gasteiger partial charge < -0.3 is 31.5 Å². The van der Waals surface area contributed by atoms with E-state index in [1.807, 2.05) is 41.5 Å². The first kappa shape index (κ1) is 41.4. The molecule has 46 heavy (non-hydrogen) atoms. The first-order chi connectivity index (χ1) is 20.9. The van der Waals surface area contributed by atoms with E-state index in [0.29, 0.717) is 45.3 Å². The van der Waals surface area contributed by atoms with Crippen LogP contribution in [0.25, 0.3) is 0 Å². The quantitative estimate of drug-likeness (QED) is 0.244. The van der Waals surface area contributed by atoms with Crippen LogP contribution in [0, 0.1) is 16.7 Å². The first-order valence-corrected chi connectivity index (χ1v) is 16.7. The van der Waals surface area contributed by atoms with Crippen LogP contribution in [0.1, 0.15) is 113 Å². The SMILES string of the molecule is CC(C)(C)[C@H](NC(=O)N[C@H](CN1CCCCC1=O)C(C)(C)C)C(=O)N1CCC[C@H]1C(=O)NC(CC1CC1)C(=O)C(N)=O.CCC.[V]. The Labute approximate surface area is 287 Å². The minimum Gasteiger partial charge on any atom is -0.363 e. The molecule has 2 heterocycles. The molecule has 0 spiro atoms. The van der Waals surface area contributed by atoms with Crippen LogP contribution >= 0.6 is 0 Å². The van der Waals surface area contributed by atoms with Crippen LogP contribution in [-0.2, 0) is 42.5 Å². The fourth-order valence-electron chi connectivity index (χ4n) is 5.62. The van der Waals surface area contributed by atoms with Gasteiger partial charge in [0.1, 0.15) is 12.1 Å². The van der Waals surface area contributed by atoms with Gasteiger partial charge in [-0.2, -0.15) is 0 Å². The Morgan fingerprint density at radius 3 is 1.98 bits per heavy atom. The molecule has 5 N–H and O–H groups in total. The monoisotopic (exact) mass is 685 g/mol. The molecule has 261 valence electrons. The molecule has 0 aromatic carbocycles. The Hall–Kier alpha value is -2.60. The molecule has 2 aliphatic heterocycles. The number of nitrogens with two attached hydrogens (primary N) is 1. The third-order valence-corrected chi connectivity index (χ3v) is 8.54. The summed E-state index contributed by atoms with van der Waals surface area (Å²) in [7, 11) is 0. The molecule has 0 aromatic rings. The van der Waals surface area contributed by atoms with Gasteiger partial charge >= 0.3 is 6.03 Å². The van der Waals surface area contributed by atoms with Crippen LogP contribution in [0.5, 0.6) is 0 Å². The van der Waals surface area contributed by atoms with Gasteiger partial charge in [0.2, 0.25) is 23.5 Å². The van der Waals surface area contributed by atoms with Gasteiger partial charge in [-0.05, 0) is 48.9 Å². The summed E-state index contributed by atoms with van der Waals surface area (Å²) in [6.45, 7) is 17.1. The average Bonchev–Trinajstić information content (AvgIpc) is 3.61. The van der Waals surface area contributed by atoms with E-state index in [4.69, 9.17) is 5.73 Å². The molecule has 1 saturated carbocycles. The zero-order chi connectivity index (χ0) is 34.1. The van der Waals surface area contributed by atoms with E-state index in [1.165, 1.54) is 11.3 Å². The van der Waals surface area contributed by atoms with Crippen molar-refractivity contribution in [2.75, 3.05) is 19.6 Å². The molecule has 1 aliphatic carbocycles. The number of piperidine rings is 1. The van der Waals surface area contributed by atoms with Gasteiger partial charge in [-0.3, -0.25) is 24.0 Å². The Morgan fingerprint density at radius 2 is 1.48 bits per heavy atom. The summed E-state index contributed by atoms with van der Waals surface area (Å²) < 4.78 is 0. The molecular weight excluding hydrogens is 627 g/mol. The number of hydrogen-bond acceptors (Lipinski definition) is 6. The Balaban J connectivity index is 0.00000254. The summed E-state index contributed by atoms with van der Waals surface area (Å²) in [6, 6.07) is -3.67. The van der Waals surface area contributed by atoms with E-state index in [-0.39, 0.29) is 41.8 Å². The van der Waals surface area contributed by atoms with Crippen LogP contribution < -0.4 is 21.7 Å². The number of hydrogen-bond donors (Lipinski definition) is 4. The standard InChI is InChI=1S/C30H50N6O6.C3H8.V/c1-29(2,3)21(17-35-14-8-7-11-22(35)37)33-28(42)34-24(30(4,5)6)27(41)36-15-9-10-20(36)26(40)32-19(16-18-12-13-18)23(38)25(31)39;1-3-2;/h18-21,24H,7-17H2,1-6H3,(H2,31,39)(H,32,40)(H2,33,34,42);3H2,1-2H3;/t19?,20-,21+,24+;;/m0../s1. The van der Waals surface area contributed by atoms with Crippen LogP contribution in [0.2, 0.25) is 0 Å². The van der Waals surface area contributed by atoms with E-state index in [1.54, 1.807) is 4.90 Å². The largest absolute Gasteiger partial charge is 0.363 e. The maximum Gasteiger partial charge on any atom is 0.315 e. The topological polar surface area (TPSA) is 171 Å². The maximum atomic E-state index is 13.9. The number of Topliss-reactive ketones (excluding diaryl/α,β-unsaturated/α-hetero) is 1. The predicted molar refractivity (Wildman–Crippen MR) is 173 cm³/mol. The van der Waals surface area contributed by atoms with E-state index >= 15 is 0 Å². The maximum absolute atomic E-state index is 13.9. The van der Waals surface area contributed by atoms with Crippen LogP contribution in [0.3, 0.4) is 0 Å². The van der Waals surface area contributed by atoms with E-state index in [2.05, 4.69) is 29.8 Å². The summed E-state index contributed by atoms with van der Waals surface area (Å²) in [6.07, 6.45) is 6.74. The Kier molecular flexibility index (Phi) is 16.3. The average molecular weight is 686 g/mol. The van der Waals surface area contributed by atoms with Gasteiger partial charge in [-0.1, -0.05) is 74.7 Å². The number of carbonyl (C=O) groups excluding carboxylic acids is 6. The smallest absolute Gasteiger partial charge is 0.315 e. The molecule has 2 saturated heterocycles.